The molecule has 16 heavy (non-hydrogen) atoms. The first kappa shape index (κ1) is 14.9. The maximum Gasteiger partial charge on any atom is 0.221 e. The van der Waals surface area contributed by atoms with E-state index in [4.69, 9.17) is 17.2 Å². The van der Waals surface area contributed by atoms with Crippen LogP contribution in [0.2, 0.25) is 0 Å². The predicted octanol–water partition coefficient (Wildman–Crippen LogP) is -1.06. The lowest BCUT2D eigenvalue weighted by Crippen LogP contribution is -2.32. The van der Waals surface area contributed by atoms with Gasteiger partial charge >= 0.3 is 0 Å². The zero-order valence-corrected chi connectivity index (χ0v) is 9.69. The van der Waals surface area contributed by atoms with Crippen molar-refractivity contribution in [1.29, 1.82) is 0 Å². The van der Waals surface area contributed by atoms with Crippen LogP contribution < -0.4 is 22.5 Å². The van der Waals surface area contributed by atoms with Gasteiger partial charge in [-0.2, -0.15) is 0 Å². The molecule has 0 saturated carbocycles. The van der Waals surface area contributed by atoms with Crippen molar-refractivity contribution < 1.29 is 4.79 Å². The molecule has 6 heteroatoms. The number of carbonyl (C=O) groups excluding carboxylic acids is 1. The van der Waals surface area contributed by atoms with Crippen molar-refractivity contribution in [3.63, 3.8) is 0 Å². The van der Waals surface area contributed by atoms with Crippen LogP contribution in [0, 0.1) is 0 Å². The number of hydrogen-bond acceptors (Lipinski definition) is 4. The molecule has 0 bridgehead atoms. The third-order valence-electron chi connectivity index (χ3n) is 2.12. The van der Waals surface area contributed by atoms with Gasteiger partial charge in [-0.1, -0.05) is 0 Å². The number of hydrogen-bond donors (Lipinski definition) is 4. The van der Waals surface area contributed by atoms with Gasteiger partial charge in [0, 0.05) is 25.6 Å². The summed E-state index contributed by atoms with van der Waals surface area (Å²) in [6.07, 6.45) is 4.07. The fourth-order valence-electron chi connectivity index (χ4n) is 1.26. The standard InChI is InChI=1S/C10H23N5O/c11-4-2-6-15-10(16)7-9(13)3-1-5-14-8-12/h8-9H,1-7,11,13H2,(H2,12,14)(H,15,16). The quantitative estimate of drug-likeness (QED) is 0.229. The first-order chi connectivity index (χ1) is 7.70. The van der Waals surface area contributed by atoms with Gasteiger partial charge in [0.1, 0.15) is 0 Å². The monoisotopic (exact) mass is 229 g/mol. The molecule has 0 aromatic carbocycles. The molecule has 0 rings (SSSR count). The Morgan fingerprint density at radius 3 is 2.81 bits per heavy atom. The first-order valence-electron chi connectivity index (χ1n) is 5.63. The molecule has 0 saturated heterocycles. The van der Waals surface area contributed by atoms with E-state index in [0.29, 0.717) is 26.1 Å². The average Bonchev–Trinajstić information content (AvgIpc) is 2.25. The van der Waals surface area contributed by atoms with E-state index in [-0.39, 0.29) is 11.9 Å². The number of aliphatic imine (C=N–C) groups is 1. The number of amides is 1. The first-order valence-corrected chi connectivity index (χ1v) is 5.63. The van der Waals surface area contributed by atoms with E-state index in [1.807, 2.05) is 0 Å². The summed E-state index contributed by atoms with van der Waals surface area (Å²) in [5.41, 5.74) is 16.2. The number of carbonyl (C=O) groups is 1. The molecular formula is C10H23N5O. The van der Waals surface area contributed by atoms with Crippen molar-refractivity contribution in [3.05, 3.63) is 0 Å². The number of rotatable bonds is 9. The van der Waals surface area contributed by atoms with Gasteiger partial charge in [-0.15, -0.1) is 0 Å². The largest absolute Gasteiger partial charge is 0.390 e. The molecule has 7 N–H and O–H groups in total. The Kier molecular flexibility index (Phi) is 9.64. The minimum atomic E-state index is -0.106. The Hall–Kier alpha value is -1.14. The second-order valence-electron chi connectivity index (χ2n) is 3.65. The highest BCUT2D eigenvalue weighted by Crippen LogP contribution is 1.99. The molecule has 0 spiro atoms. The molecule has 6 nitrogen and oxygen atoms in total. The summed E-state index contributed by atoms with van der Waals surface area (Å²) in [5, 5.41) is 2.77. The predicted molar refractivity (Wildman–Crippen MR) is 66.1 cm³/mol. The molecule has 0 aliphatic carbocycles. The van der Waals surface area contributed by atoms with Gasteiger partial charge in [0.2, 0.25) is 5.91 Å². The van der Waals surface area contributed by atoms with E-state index >= 15 is 0 Å². The van der Waals surface area contributed by atoms with Crippen molar-refractivity contribution in [2.75, 3.05) is 19.6 Å². The van der Waals surface area contributed by atoms with E-state index < -0.39 is 0 Å². The Morgan fingerprint density at radius 2 is 2.19 bits per heavy atom. The lowest BCUT2D eigenvalue weighted by atomic mass is 10.1. The molecule has 0 heterocycles. The van der Waals surface area contributed by atoms with Crippen molar-refractivity contribution in [1.82, 2.24) is 5.32 Å². The molecule has 0 fully saturated rings. The zero-order chi connectivity index (χ0) is 12.2. The van der Waals surface area contributed by atoms with E-state index in [1.165, 1.54) is 6.34 Å². The van der Waals surface area contributed by atoms with Gasteiger partial charge < -0.3 is 22.5 Å². The molecule has 0 aliphatic heterocycles. The highest BCUT2D eigenvalue weighted by atomic mass is 16.1. The van der Waals surface area contributed by atoms with Gasteiger partial charge in [-0.3, -0.25) is 9.79 Å². The summed E-state index contributed by atoms with van der Waals surface area (Å²) in [4.78, 5) is 15.2. The molecule has 1 unspecified atom stereocenters. The molecule has 94 valence electrons. The van der Waals surface area contributed by atoms with Crippen LogP contribution in [-0.4, -0.2) is 37.9 Å². The smallest absolute Gasteiger partial charge is 0.221 e. The summed E-state index contributed by atoms with van der Waals surface area (Å²) in [6, 6.07) is -0.106. The van der Waals surface area contributed by atoms with Gasteiger partial charge in [-0.25, -0.2) is 0 Å². The van der Waals surface area contributed by atoms with Gasteiger partial charge in [0.25, 0.3) is 0 Å². The van der Waals surface area contributed by atoms with Crippen LogP contribution in [-0.2, 0) is 4.79 Å². The van der Waals surface area contributed by atoms with E-state index in [2.05, 4.69) is 10.3 Å². The second kappa shape index (κ2) is 10.4. The van der Waals surface area contributed by atoms with E-state index in [9.17, 15) is 4.79 Å². The Bertz CT molecular complexity index is 207. The molecule has 1 atom stereocenters. The molecule has 1 amide bonds. The van der Waals surface area contributed by atoms with Crippen LogP contribution in [0.15, 0.2) is 4.99 Å². The molecule has 0 aromatic heterocycles. The highest BCUT2D eigenvalue weighted by molar-refractivity contribution is 5.76. The highest BCUT2D eigenvalue weighted by Gasteiger charge is 2.08. The number of nitrogens with two attached hydrogens (primary N) is 3. The van der Waals surface area contributed by atoms with Gasteiger partial charge in [0.15, 0.2) is 0 Å². The van der Waals surface area contributed by atoms with Gasteiger partial charge in [-0.05, 0) is 25.8 Å². The lowest BCUT2D eigenvalue weighted by molar-refractivity contribution is -0.121. The lowest BCUT2D eigenvalue weighted by Gasteiger charge is -2.10. The minimum absolute atomic E-state index is 0.0109. The Labute approximate surface area is 96.7 Å². The fourth-order valence-corrected chi connectivity index (χ4v) is 1.26. The molecule has 0 radical (unpaired) electrons. The van der Waals surface area contributed by atoms with Crippen LogP contribution in [0.3, 0.4) is 0 Å². The van der Waals surface area contributed by atoms with Crippen molar-refractivity contribution in [3.8, 4) is 0 Å². The fraction of sp³-hybridized carbons (Fsp3) is 0.800. The third-order valence-corrected chi connectivity index (χ3v) is 2.12. The molecule has 0 aliphatic rings. The number of nitrogens with zero attached hydrogens (tertiary/aromatic N) is 1. The zero-order valence-electron chi connectivity index (χ0n) is 9.69. The minimum Gasteiger partial charge on any atom is -0.390 e. The van der Waals surface area contributed by atoms with Crippen LogP contribution in [0.5, 0.6) is 0 Å². The molecule has 0 aromatic rings. The topological polar surface area (TPSA) is 120 Å². The summed E-state index contributed by atoms with van der Waals surface area (Å²) < 4.78 is 0. The third kappa shape index (κ3) is 9.42. The second-order valence-corrected chi connectivity index (χ2v) is 3.65. The van der Waals surface area contributed by atoms with Crippen molar-refractivity contribution >= 4 is 12.2 Å². The Balaban J connectivity index is 3.46. The van der Waals surface area contributed by atoms with Crippen LogP contribution in [0.4, 0.5) is 0 Å². The van der Waals surface area contributed by atoms with Gasteiger partial charge in [0.05, 0.1) is 6.34 Å². The van der Waals surface area contributed by atoms with Crippen LogP contribution in [0.25, 0.3) is 0 Å². The van der Waals surface area contributed by atoms with Crippen LogP contribution in [0.1, 0.15) is 25.7 Å². The van der Waals surface area contributed by atoms with E-state index in [1.54, 1.807) is 0 Å². The normalized spacial score (nSPS) is 12.9. The maximum absolute atomic E-state index is 11.3. The number of nitrogens with one attached hydrogen (secondary N) is 1. The summed E-state index contributed by atoms with van der Waals surface area (Å²) in [7, 11) is 0. The SMILES string of the molecule is NC=NCCCC(N)CC(=O)NCCCN. The average molecular weight is 229 g/mol. The summed E-state index contributed by atoms with van der Waals surface area (Å²) in [5.74, 6) is -0.0109. The Morgan fingerprint density at radius 1 is 1.44 bits per heavy atom. The summed E-state index contributed by atoms with van der Waals surface area (Å²) in [6.45, 7) is 1.88. The van der Waals surface area contributed by atoms with Crippen molar-refractivity contribution in [2.45, 2.75) is 31.7 Å². The molecular weight excluding hydrogens is 206 g/mol. The maximum atomic E-state index is 11.3. The van der Waals surface area contributed by atoms with E-state index in [0.717, 1.165) is 19.3 Å². The summed E-state index contributed by atoms with van der Waals surface area (Å²) >= 11 is 0. The van der Waals surface area contributed by atoms with Crippen molar-refractivity contribution in [2.24, 2.45) is 22.2 Å². The van der Waals surface area contributed by atoms with Crippen LogP contribution >= 0.6 is 0 Å².